The number of hydrogen-bond donors (Lipinski definition) is 0. The molecule has 0 N–H and O–H groups in total. The van der Waals surface area contributed by atoms with E-state index in [1.807, 2.05) is 42.2 Å². The molecule has 0 atom stereocenters. The Morgan fingerprint density at radius 1 is 1.23 bits per heavy atom. The summed E-state index contributed by atoms with van der Waals surface area (Å²) >= 11 is 0. The van der Waals surface area contributed by atoms with Crippen molar-refractivity contribution >= 4 is 16.8 Å². The zero-order valence-corrected chi connectivity index (χ0v) is 12.1. The molecule has 1 aromatic carbocycles. The van der Waals surface area contributed by atoms with Gasteiger partial charge in [-0.3, -0.25) is 0 Å². The van der Waals surface area contributed by atoms with Crippen molar-refractivity contribution in [3.05, 3.63) is 64.1 Å². The van der Waals surface area contributed by atoms with Crippen molar-refractivity contribution in [2.75, 3.05) is 11.6 Å². The number of rotatable bonds is 1. The predicted molar refractivity (Wildman–Crippen MR) is 83.1 cm³/mol. The van der Waals surface area contributed by atoms with E-state index < -0.39 is 0 Å². The lowest BCUT2D eigenvalue weighted by atomic mass is 10.1. The van der Waals surface area contributed by atoms with Crippen LogP contribution in [0.1, 0.15) is 11.1 Å². The second-order valence-corrected chi connectivity index (χ2v) is 5.33. The lowest BCUT2D eigenvalue weighted by Gasteiger charge is -2.30. The number of aromatic nitrogens is 1. The van der Waals surface area contributed by atoms with Crippen molar-refractivity contribution in [2.45, 2.75) is 13.5 Å². The molecule has 4 rings (SSSR count). The molecule has 22 heavy (non-hydrogen) atoms. The third-order valence-corrected chi connectivity index (χ3v) is 3.88. The van der Waals surface area contributed by atoms with Crippen molar-refractivity contribution in [2.24, 2.45) is 0 Å². The minimum Gasteiger partial charge on any atom is -0.473 e. The maximum absolute atomic E-state index is 11.7. The average Bonchev–Trinajstić information content (AvgIpc) is 2.55. The van der Waals surface area contributed by atoms with Gasteiger partial charge < -0.3 is 14.1 Å². The SMILES string of the molecule is Cc1cc(=O)oc2c3c(ccc12)OCN(c1ccccn1)C3. The van der Waals surface area contributed by atoms with Gasteiger partial charge >= 0.3 is 5.63 Å². The minimum atomic E-state index is -0.339. The van der Waals surface area contributed by atoms with E-state index in [4.69, 9.17) is 9.15 Å². The molecule has 110 valence electrons. The minimum absolute atomic E-state index is 0.339. The van der Waals surface area contributed by atoms with Gasteiger partial charge in [-0.15, -0.1) is 0 Å². The first-order chi connectivity index (χ1) is 10.7. The molecule has 0 saturated carbocycles. The van der Waals surface area contributed by atoms with Crippen LogP contribution in [0.3, 0.4) is 0 Å². The van der Waals surface area contributed by atoms with Gasteiger partial charge in [0.2, 0.25) is 0 Å². The average molecular weight is 294 g/mol. The number of ether oxygens (including phenoxy) is 1. The van der Waals surface area contributed by atoms with Gasteiger partial charge in [-0.05, 0) is 36.8 Å². The summed E-state index contributed by atoms with van der Waals surface area (Å²) in [5, 5.41) is 0.935. The van der Waals surface area contributed by atoms with Crippen molar-refractivity contribution in [3.8, 4) is 5.75 Å². The van der Waals surface area contributed by atoms with Crippen LogP contribution >= 0.6 is 0 Å². The molecule has 3 heterocycles. The van der Waals surface area contributed by atoms with Gasteiger partial charge in [0.25, 0.3) is 0 Å². The smallest absolute Gasteiger partial charge is 0.336 e. The Morgan fingerprint density at radius 3 is 2.95 bits per heavy atom. The van der Waals surface area contributed by atoms with Gasteiger partial charge in [0, 0.05) is 17.6 Å². The van der Waals surface area contributed by atoms with Gasteiger partial charge in [-0.2, -0.15) is 0 Å². The number of hydrogen-bond acceptors (Lipinski definition) is 5. The number of benzene rings is 1. The molecular formula is C17H14N2O3. The summed E-state index contributed by atoms with van der Waals surface area (Å²) in [6.45, 7) is 2.92. The molecule has 1 aliphatic heterocycles. The third-order valence-electron chi connectivity index (χ3n) is 3.88. The first kappa shape index (κ1) is 12.9. The summed E-state index contributed by atoms with van der Waals surface area (Å²) in [7, 11) is 0. The number of nitrogens with zero attached hydrogens (tertiary/aromatic N) is 2. The fraction of sp³-hybridized carbons (Fsp3) is 0.176. The standard InChI is InChI=1S/C17H14N2O3/c1-11-8-16(20)22-17-12(11)5-6-14-13(17)9-19(10-21-14)15-4-2-3-7-18-15/h2-8H,9-10H2,1H3. The van der Waals surface area contributed by atoms with Crippen LogP contribution in [0, 0.1) is 6.92 Å². The summed E-state index contributed by atoms with van der Waals surface area (Å²) in [5.74, 6) is 1.59. The van der Waals surface area contributed by atoms with E-state index in [0.717, 1.165) is 28.1 Å². The van der Waals surface area contributed by atoms with Crippen LogP contribution in [0.15, 0.2) is 51.8 Å². The van der Waals surface area contributed by atoms with E-state index in [1.54, 1.807) is 6.20 Å². The normalized spacial score (nSPS) is 13.8. The van der Waals surface area contributed by atoms with Crippen LogP contribution in [-0.2, 0) is 6.54 Å². The fourth-order valence-corrected chi connectivity index (χ4v) is 2.78. The second-order valence-electron chi connectivity index (χ2n) is 5.33. The Kier molecular flexibility index (Phi) is 2.85. The third kappa shape index (κ3) is 2.02. The second kappa shape index (κ2) is 4.87. The summed E-state index contributed by atoms with van der Waals surface area (Å²) in [6, 6.07) is 11.1. The van der Waals surface area contributed by atoms with Gasteiger partial charge in [0.05, 0.1) is 12.1 Å². The Balaban J connectivity index is 1.86. The molecule has 5 heteroatoms. The Labute approximate surface area is 126 Å². The summed E-state index contributed by atoms with van der Waals surface area (Å²) in [5.41, 5.74) is 2.05. The van der Waals surface area contributed by atoms with Crippen molar-refractivity contribution in [3.63, 3.8) is 0 Å². The first-order valence-corrected chi connectivity index (χ1v) is 7.07. The van der Waals surface area contributed by atoms with Crippen molar-refractivity contribution in [1.82, 2.24) is 4.98 Å². The molecule has 0 saturated heterocycles. The summed E-state index contributed by atoms with van der Waals surface area (Å²) < 4.78 is 11.2. The number of fused-ring (bicyclic) bond motifs is 3. The van der Waals surface area contributed by atoms with Crippen LogP contribution in [-0.4, -0.2) is 11.7 Å². The van der Waals surface area contributed by atoms with E-state index in [2.05, 4.69) is 4.98 Å². The van der Waals surface area contributed by atoms with Crippen LogP contribution in [0.4, 0.5) is 5.82 Å². The molecule has 0 unspecified atom stereocenters. The van der Waals surface area contributed by atoms with Gasteiger partial charge in [-0.1, -0.05) is 6.07 Å². The van der Waals surface area contributed by atoms with Crippen molar-refractivity contribution in [1.29, 1.82) is 0 Å². The molecule has 1 aliphatic rings. The Hall–Kier alpha value is -2.82. The highest BCUT2D eigenvalue weighted by atomic mass is 16.5. The van der Waals surface area contributed by atoms with E-state index in [0.29, 0.717) is 18.9 Å². The largest absolute Gasteiger partial charge is 0.473 e. The first-order valence-electron chi connectivity index (χ1n) is 7.07. The highest BCUT2D eigenvalue weighted by Crippen LogP contribution is 2.33. The molecule has 5 nitrogen and oxygen atoms in total. The summed E-state index contributed by atoms with van der Waals surface area (Å²) in [4.78, 5) is 18.1. The van der Waals surface area contributed by atoms with E-state index in [1.165, 1.54) is 6.07 Å². The number of pyridine rings is 1. The van der Waals surface area contributed by atoms with Crippen LogP contribution < -0.4 is 15.3 Å². The summed E-state index contributed by atoms with van der Waals surface area (Å²) in [6.07, 6.45) is 1.75. The lowest BCUT2D eigenvalue weighted by Crippen LogP contribution is -2.32. The molecule has 0 bridgehead atoms. The fourth-order valence-electron chi connectivity index (χ4n) is 2.78. The molecule has 0 aliphatic carbocycles. The molecule has 0 spiro atoms. The van der Waals surface area contributed by atoms with E-state index in [-0.39, 0.29) is 5.63 Å². The number of aryl methyl sites for hydroxylation is 1. The van der Waals surface area contributed by atoms with Gasteiger partial charge in [-0.25, -0.2) is 9.78 Å². The lowest BCUT2D eigenvalue weighted by molar-refractivity contribution is 0.288. The van der Waals surface area contributed by atoms with Crippen molar-refractivity contribution < 1.29 is 9.15 Å². The monoisotopic (exact) mass is 294 g/mol. The molecule has 0 amide bonds. The van der Waals surface area contributed by atoms with Crippen LogP contribution in [0.25, 0.3) is 11.0 Å². The van der Waals surface area contributed by atoms with E-state index >= 15 is 0 Å². The predicted octanol–water partition coefficient (Wildman–Crippen LogP) is 2.85. The quantitative estimate of drug-likeness (QED) is 0.646. The molecular weight excluding hydrogens is 280 g/mol. The molecule has 0 radical (unpaired) electrons. The Morgan fingerprint density at radius 2 is 2.14 bits per heavy atom. The number of anilines is 1. The molecule has 2 aromatic heterocycles. The van der Waals surface area contributed by atoms with Crippen LogP contribution in [0.2, 0.25) is 0 Å². The Bertz CT molecular complexity index is 903. The zero-order chi connectivity index (χ0) is 15.1. The highest BCUT2D eigenvalue weighted by molar-refractivity contribution is 5.85. The maximum Gasteiger partial charge on any atom is 0.336 e. The highest BCUT2D eigenvalue weighted by Gasteiger charge is 2.22. The topological polar surface area (TPSA) is 55.6 Å². The maximum atomic E-state index is 11.7. The van der Waals surface area contributed by atoms with Gasteiger partial charge in [0.1, 0.15) is 17.2 Å². The zero-order valence-electron chi connectivity index (χ0n) is 12.1. The van der Waals surface area contributed by atoms with Gasteiger partial charge in [0.15, 0.2) is 6.73 Å². The molecule has 0 fully saturated rings. The van der Waals surface area contributed by atoms with Crippen LogP contribution in [0.5, 0.6) is 5.75 Å². The molecule has 3 aromatic rings. The van der Waals surface area contributed by atoms with E-state index in [9.17, 15) is 4.79 Å².